The molecule has 2 aliphatic carbocycles. The Morgan fingerprint density at radius 3 is 3.00 bits per heavy atom. The number of hydrogen-bond donors (Lipinski definition) is 0. The first kappa shape index (κ1) is 9.03. The van der Waals surface area contributed by atoms with Gasteiger partial charge in [-0.2, -0.15) is 5.26 Å². The number of nitriles is 1. The summed E-state index contributed by atoms with van der Waals surface area (Å²) >= 11 is 0. The van der Waals surface area contributed by atoms with E-state index in [4.69, 9.17) is 5.26 Å². The lowest BCUT2D eigenvalue weighted by molar-refractivity contribution is 0.295. The Bertz CT molecular complexity index is 399. The predicted molar refractivity (Wildman–Crippen MR) is 58.1 cm³/mol. The van der Waals surface area contributed by atoms with E-state index < -0.39 is 0 Å². The average Bonchev–Trinajstić information content (AvgIpc) is 2.92. The van der Waals surface area contributed by atoms with E-state index in [9.17, 15) is 0 Å². The number of hydrogen-bond acceptors (Lipinski definition) is 1. The second kappa shape index (κ2) is 3.41. The zero-order chi connectivity index (χ0) is 10.3. The van der Waals surface area contributed by atoms with Gasteiger partial charge in [-0.3, -0.25) is 0 Å². The number of rotatable bonds is 2. The van der Waals surface area contributed by atoms with Gasteiger partial charge < -0.3 is 4.57 Å². The zero-order valence-corrected chi connectivity index (χ0v) is 8.89. The summed E-state index contributed by atoms with van der Waals surface area (Å²) < 4.78 is 2.13. The van der Waals surface area contributed by atoms with Crippen molar-refractivity contribution in [3.8, 4) is 6.07 Å². The largest absolute Gasteiger partial charge is 0.339 e. The van der Waals surface area contributed by atoms with Gasteiger partial charge in [-0.25, -0.2) is 0 Å². The molecule has 2 bridgehead atoms. The molecule has 2 heteroatoms. The first-order valence-electron chi connectivity index (χ1n) is 5.92. The quantitative estimate of drug-likeness (QED) is 0.721. The minimum Gasteiger partial charge on any atom is -0.339 e. The summed E-state index contributed by atoms with van der Waals surface area (Å²) in [6.45, 7) is 1.07. The SMILES string of the molecule is N#Cc1cccn1CC1CC2CCC1C2. The Balaban J connectivity index is 1.74. The molecule has 0 aromatic carbocycles. The molecule has 0 N–H and O–H groups in total. The van der Waals surface area contributed by atoms with Gasteiger partial charge in [0.15, 0.2) is 0 Å². The molecule has 0 radical (unpaired) electrons. The van der Waals surface area contributed by atoms with Crippen LogP contribution < -0.4 is 0 Å². The molecule has 78 valence electrons. The lowest BCUT2D eigenvalue weighted by Crippen LogP contribution is -2.17. The van der Waals surface area contributed by atoms with E-state index in [-0.39, 0.29) is 0 Å². The van der Waals surface area contributed by atoms with Crippen molar-refractivity contribution >= 4 is 0 Å². The summed E-state index contributed by atoms with van der Waals surface area (Å²) in [6, 6.07) is 6.14. The first-order valence-corrected chi connectivity index (χ1v) is 5.92. The van der Waals surface area contributed by atoms with Crippen molar-refractivity contribution in [3.05, 3.63) is 24.0 Å². The van der Waals surface area contributed by atoms with Crippen LogP contribution >= 0.6 is 0 Å². The fraction of sp³-hybridized carbons (Fsp3) is 0.615. The maximum atomic E-state index is 8.94. The Morgan fingerprint density at radius 2 is 2.33 bits per heavy atom. The van der Waals surface area contributed by atoms with Crippen LogP contribution in [0.5, 0.6) is 0 Å². The molecule has 2 saturated carbocycles. The highest BCUT2D eigenvalue weighted by molar-refractivity contribution is 5.22. The second-order valence-electron chi connectivity index (χ2n) is 5.09. The van der Waals surface area contributed by atoms with Crippen molar-refractivity contribution in [1.82, 2.24) is 4.57 Å². The van der Waals surface area contributed by atoms with Crippen LogP contribution in [0.1, 0.15) is 31.4 Å². The predicted octanol–water partition coefficient (Wildman–Crippen LogP) is 2.80. The minimum atomic E-state index is 0.817. The van der Waals surface area contributed by atoms with Crippen LogP contribution in [0, 0.1) is 29.1 Å². The summed E-state index contributed by atoms with van der Waals surface area (Å²) in [6.07, 6.45) is 7.78. The maximum Gasteiger partial charge on any atom is 0.120 e. The fourth-order valence-corrected chi connectivity index (χ4v) is 3.53. The van der Waals surface area contributed by atoms with Crippen LogP contribution in [-0.2, 0) is 6.54 Å². The van der Waals surface area contributed by atoms with Gasteiger partial charge >= 0.3 is 0 Å². The van der Waals surface area contributed by atoms with Crippen LogP contribution in [0.15, 0.2) is 18.3 Å². The van der Waals surface area contributed by atoms with Crippen LogP contribution in [-0.4, -0.2) is 4.57 Å². The monoisotopic (exact) mass is 200 g/mol. The molecule has 0 aliphatic heterocycles. The summed E-state index contributed by atoms with van der Waals surface area (Å²) in [5, 5.41) is 8.94. The molecule has 15 heavy (non-hydrogen) atoms. The first-order chi connectivity index (χ1) is 7.36. The molecule has 2 nitrogen and oxygen atoms in total. The van der Waals surface area contributed by atoms with Gasteiger partial charge in [-0.1, -0.05) is 6.42 Å². The van der Waals surface area contributed by atoms with E-state index in [1.165, 1.54) is 25.7 Å². The van der Waals surface area contributed by atoms with Crippen molar-refractivity contribution in [1.29, 1.82) is 5.26 Å². The summed E-state index contributed by atoms with van der Waals surface area (Å²) in [5.74, 6) is 2.79. The molecule has 1 aromatic heterocycles. The van der Waals surface area contributed by atoms with Gasteiger partial charge in [-0.05, 0) is 49.1 Å². The Labute approximate surface area is 90.5 Å². The van der Waals surface area contributed by atoms with E-state index in [1.54, 1.807) is 0 Å². The van der Waals surface area contributed by atoms with Crippen molar-refractivity contribution in [2.75, 3.05) is 0 Å². The van der Waals surface area contributed by atoms with Gasteiger partial charge in [0.2, 0.25) is 0 Å². The van der Waals surface area contributed by atoms with Crippen LogP contribution in [0.25, 0.3) is 0 Å². The Hall–Kier alpha value is -1.23. The molecule has 2 fully saturated rings. The topological polar surface area (TPSA) is 28.7 Å². The molecule has 3 rings (SSSR count). The van der Waals surface area contributed by atoms with E-state index in [2.05, 4.69) is 10.6 Å². The van der Waals surface area contributed by atoms with Crippen LogP contribution in [0.4, 0.5) is 0 Å². The minimum absolute atomic E-state index is 0.817. The molecular formula is C13H16N2. The highest BCUT2D eigenvalue weighted by Gasteiger charge is 2.39. The molecule has 0 spiro atoms. The summed E-state index contributed by atoms with van der Waals surface area (Å²) in [4.78, 5) is 0. The maximum absolute atomic E-state index is 8.94. The van der Waals surface area contributed by atoms with Gasteiger partial charge in [0, 0.05) is 12.7 Å². The molecule has 0 saturated heterocycles. The van der Waals surface area contributed by atoms with Crippen LogP contribution in [0.3, 0.4) is 0 Å². The van der Waals surface area contributed by atoms with Gasteiger partial charge in [0.05, 0.1) is 0 Å². The Morgan fingerprint density at radius 1 is 1.40 bits per heavy atom. The molecule has 1 heterocycles. The summed E-state index contributed by atoms with van der Waals surface area (Å²) in [5.41, 5.74) is 0.817. The summed E-state index contributed by atoms with van der Waals surface area (Å²) in [7, 11) is 0. The number of nitrogens with zero attached hydrogens (tertiary/aromatic N) is 2. The third-order valence-electron chi connectivity index (χ3n) is 4.26. The Kier molecular flexibility index (Phi) is 2.05. The zero-order valence-electron chi connectivity index (χ0n) is 8.89. The normalized spacial score (nSPS) is 33.1. The van der Waals surface area contributed by atoms with Crippen molar-refractivity contribution in [3.63, 3.8) is 0 Å². The highest BCUT2D eigenvalue weighted by Crippen LogP contribution is 2.48. The van der Waals surface area contributed by atoms with Crippen LogP contribution in [0.2, 0.25) is 0 Å². The fourth-order valence-electron chi connectivity index (χ4n) is 3.53. The van der Waals surface area contributed by atoms with E-state index in [0.717, 1.165) is 30.0 Å². The van der Waals surface area contributed by atoms with Crippen molar-refractivity contribution in [2.24, 2.45) is 17.8 Å². The molecule has 2 aliphatic rings. The van der Waals surface area contributed by atoms with Gasteiger partial charge in [-0.15, -0.1) is 0 Å². The highest BCUT2D eigenvalue weighted by atomic mass is 15.0. The number of aromatic nitrogens is 1. The molecule has 0 amide bonds. The average molecular weight is 200 g/mol. The lowest BCUT2D eigenvalue weighted by Gasteiger charge is -2.22. The van der Waals surface area contributed by atoms with E-state index in [1.807, 2.05) is 18.3 Å². The van der Waals surface area contributed by atoms with Gasteiger partial charge in [0.1, 0.15) is 11.8 Å². The second-order valence-corrected chi connectivity index (χ2v) is 5.09. The smallest absolute Gasteiger partial charge is 0.120 e. The third kappa shape index (κ3) is 1.47. The van der Waals surface area contributed by atoms with E-state index in [0.29, 0.717) is 0 Å². The molecule has 1 aromatic rings. The van der Waals surface area contributed by atoms with Crippen molar-refractivity contribution < 1.29 is 0 Å². The van der Waals surface area contributed by atoms with Crippen molar-refractivity contribution in [2.45, 2.75) is 32.2 Å². The standard InChI is InChI=1S/C13H16N2/c14-8-13-2-1-5-15(13)9-12-7-10-3-4-11(12)6-10/h1-2,5,10-12H,3-4,6-7,9H2. The molecular weight excluding hydrogens is 184 g/mol. The lowest BCUT2D eigenvalue weighted by atomic mass is 9.89. The molecule has 3 unspecified atom stereocenters. The van der Waals surface area contributed by atoms with E-state index >= 15 is 0 Å². The number of fused-ring (bicyclic) bond motifs is 2. The van der Waals surface area contributed by atoms with Gasteiger partial charge in [0.25, 0.3) is 0 Å². The molecule has 3 atom stereocenters. The third-order valence-corrected chi connectivity index (χ3v) is 4.26.